The van der Waals surface area contributed by atoms with Gasteiger partial charge in [0.2, 0.25) is 5.89 Å². The Balaban J connectivity index is 1.82. The Morgan fingerprint density at radius 2 is 2.06 bits per heavy atom. The lowest BCUT2D eigenvalue weighted by molar-refractivity contribution is 0.324. The maximum absolute atomic E-state index is 5.55. The summed E-state index contributed by atoms with van der Waals surface area (Å²) in [5.74, 6) is 1.39. The third-order valence-corrected chi connectivity index (χ3v) is 3.70. The maximum atomic E-state index is 5.55. The molecule has 0 bridgehead atoms. The molecule has 18 heavy (non-hydrogen) atoms. The summed E-state index contributed by atoms with van der Waals surface area (Å²) in [5, 5.41) is 14.6. The third-order valence-electron chi connectivity index (χ3n) is 3.70. The van der Waals surface area contributed by atoms with Crippen LogP contribution in [0.4, 0.5) is 6.01 Å². The van der Waals surface area contributed by atoms with Crippen LogP contribution < -0.4 is 10.6 Å². The van der Waals surface area contributed by atoms with Crippen LogP contribution in [0.25, 0.3) is 0 Å². The van der Waals surface area contributed by atoms with Crippen molar-refractivity contribution in [2.24, 2.45) is 5.92 Å². The Hall–Kier alpha value is -1.10. The zero-order valence-electron chi connectivity index (χ0n) is 11.4. The second kappa shape index (κ2) is 6.73. The van der Waals surface area contributed by atoms with E-state index in [1.807, 2.05) is 0 Å². The molecule has 2 rings (SSSR count). The van der Waals surface area contributed by atoms with Crippen LogP contribution in [0.1, 0.15) is 51.8 Å². The fourth-order valence-corrected chi connectivity index (χ4v) is 2.56. The van der Waals surface area contributed by atoms with Gasteiger partial charge in [-0.25, -0.2) is 0 Å². The van der Waals surface area contributed by atoms with Gasteiger partial charge in [-0.3, -0.25) is 0 Å². The fourth-order valence-electron chi connectivity index (χ4n) is 2.56. The fraction of sp³-hybridized carbons (Fsp3) is 0.846. The number of aromatic nitrogens is 2. The minimum Gasteiger partial charge on any atom is -0.407 e. The quantitative estimate of drug-likeness (QED) is 0.814. The molecule has 5 heteroatoms. The number of nitrogens with zero attached hydrogens (tertiary/aromatic N) is 2. The van der Waals surface area contributed by atoms with Gasteiger partial charge in [0.05, 0.1) is 6.54 Å². The molecule has 1 aliphatic rings. The minimum absolute atomic E-state index is 0.415. The van der Waals surface area contributed by atoms with E-state index in [2.05, 4.69) is 34.7 Å². The highest BCUT2D eigenvalue weighted by Gasteiger charge is 2.21. The molecule has 1 aromatic rings. The normalized spacial score (nSPS) is 18.8. The van der Waals surface area contributed by atoms with Crippen molar-refractivity contribution >= 4 is 6.01 Å². The van der Waals surface area contributed by atoms with Crippen molar-refractivity contribution in [1.29, 1.82) is 0 Å². The molecule has 1 unspecified atom stereocenters. The highest BCUT2D eigenvalue weighted by molar-refractivity contribution is 5.19. The first kappa shape index (κ1) is 13.3. The summed E-state index contributed by atoms with van der Waals surface area (Å²) >= 11 is 0. The van der Waals surface area contributed by atoms with E-state index >= 15 is 0 Å². The van der Waals surface area contributed by atoms with E-state index in [4.69, 9.17) is 4.42 Å². The van der Waals surface area contributed by atoms with Crippen molar-refractivity contribution in [2.75, 3.05) is 11.9 Å². The summed E-state index contributed by atoms with van der Waals surface area (Å²) in [5.41, 5.74) is 0. The summed E-state index contributed by atoms with van der Waals surface area (Å²) < 4.78 is 5.55. The molecule has 0 aliphatic heterocycles. The second-order valence-electron chi connectivity index (χ2n) is 5.11. The van der Waals surface area contributed by atoms with E-state index < -0.39 is 0 Å². The highest BCUT2D eigenvalue weighted by Crippen LogP contribution is 2.27. The molecular formula is C13H24N4O. The summed E-state index contributed by atoms with van der Waals surface area (Å²) in [6.07, 6.45) is 6.72. The monoisotopic (exact) mass is 252 g/mol. The molecule has 0 spiro atoms. The molecule has 1 heterocycles. The zero-order chi connectivity index (χ0) is 12.8. The van der Waals surface area contributed by atoms with E-state index in [9.17, 15) is 0 Å². The summed E-state index contributed by atoms with van der Waals surface area (Å²) in [7, 11) is 0. The van der Waals surface area contributed by atoms with Crippen molar-refractivity contribution in [1.82, 2.24) is 15.5 Å². The van der Waals surface area contributed by atoms with Crippen LogP contribution in [0.3, 0.4) is 0 Å². The zero-order valence-corrected chi connectivity index (χ0v) is 11.4. The van der Waals surface area contributed by atoms with Crippen LogP contribution in [-0.4, -0.2) is 22.8 Å². The lowest BCUT2D eigenvalue weighted by Crippen LogP contribution is -2.27. The lowest BCUT2D eigenvalue weighted by Gasteiger charge is -2.27. The Morgan fingerprint density at radius 1 is 1.28 bits per heavy atom. The van der Waals surface area contributed by atoms with Gasteiger partial charge in [-0.05, 0) is 32.2 Å². The van der Waals surface area contributed by atoms with Crippen molar-refractivity contribution in [3.05, 3.63) is 5.89 Å². The lowest BCUT2D eigenvalue weighted by atomic mass is 9.85. The summed E-state index contributed by atoms with van der Waals surface area (Å²) in [6, 6.07) is 0.971. The average Bonchev–Trinajstić information content (AvgIpc) is 2.85. The predicted octanol–water partition coefficient (Wildman–Crippen LogP) is 2.56. The van der Waals surface area contributed by atoms with Crippen LogP contribution in [0.2, 0.25) is 0 Å². The molecule has 0 aromatic carbocycles. The topological polar surface area (TPSA) is 63.0 Å². The number of nitrogens with one attached hydrogen (secondary N) is 2. The molecule has 1 atom stereocenters. The molecule has 0 saturated heterocycles. The number of anilines is 1. The largest absolute Gasteiger partial charge is 0.407 e. The molecule has 1 fully saturated rings. The summed E-state index contributed by atoms with van der Waals surface area (Å²) in [4.78, 5) is 0. The highest BCUT2D eigenvalue weighted by atomic mass is 16.4. The van der Waals surface area contributed by atoms with Crippen LogP contribution >= 0.6 is 0 Å². The number of hydrogen-bond acceptors (Lipinski definition) is 5. The van der Waals surface area contributed by atoms with Gasteiger partial charge in [0.1, 0.15) is 0 Å². The van der Waals surface area contributed by atoms with Crippen molar-refractivity contribution in [2.45, 2.75) is 58.5 Å². The van der Waals surface area contributed by atoms with Crippen LogP contribution in [0.15, 0.2) is 4.42 Å². The van der Waals surface area contributed by atoms with Crippen molar-refractivity contribution < 1.29 is 4.42 Å². The first-order chi connectivity index (χ1) is 8.79. The van der Waals surface area contributed by atoms with Gasteiger partial charge in [-0.15, -0.1) is 5.10 Å². The van der Waals surface area contributed by atoms with Crippen molar-refractivity contribution in [3.8, 4) is 0 Å². The molecule has 0 amide bonds. The van der Waals surface area contributed by atoms with Crippen LogP contribution in [-0.2, 0) is 6.54 Å². The van der Waals surface area contributed by atoms with Crippen LogP contribution in [0, 0.1) is 5.92 Å². The van der Waals surface area contributed by atoms with E-state index in [0.717, 1.165) is 12.5 Å². The molecule has 2 N–H and O–H groups in total. The van der Waals surface area contributed by atoms with Gasteiger partial charge < -0.3 is 15.1 Å². The minimum atomic E-state index is 0.415. The molecule has 0 radical (unpaired) electrons. The molecule has 1 aromatic heterocycles. The van der Waals surface area contributed by atoms with E-state index in [1.54, 1.807) is 0 Å². The van der Waals surface area contributed by atoms with Gasteiger partial charge in [0.25, 0.3) is 0 Å². The van der Waals surface area contributed by atoms with E-state index in [1.165, 1.54) is 32.1 Å². The standard InChI is InChI=1S/C13H24N4O/c1-3-14-9-12-16-17-13(18-12)15-10(2)11-7-5-4-6-8-11/h10-11,14H,3-9H2,1-2H3,(H,15,17). The predicted molar refractivity (Wildman–Crippen MR) is 71.3 cm³/mol. The molecule has 1 aliphatic carbocycles. The average molecular weight is 252 g/mol. The van der Waals surface area contributed by atoms with Crippen molar-refractivity contribution in [3.63, 3.8) is 0 Å². The molecule has 5 nitrogen and oxygen atoms in total. The number of rotatable bonds is 6. The van der Waals surface area contributed by atoms with E-state index in [-0.39, 0.29) is 0 Å². The Bertz CT molecular complexity index is 347. The first-order valence-corrected chi connectivity index (χ1v) is 7.09. The SMILES string of the molecule is CCNCc1nnc(NC(C)C2CCCCC2)o1. The molecular weight excluding hydrogens is 228 g/mol. The Labute approximate surface area is 109 Å². The van der Waals surface area contributed by atoms with Gasteiger partial charge in [0.15, 0.2) is 0 Å². The van der Waals surface area contributed by atoms with E-state index in [0.29, 0.717) is 24.5 Å². The first-order valence-electron chi connectivity index (χ1n) is 7.09. The maximum Gasteiger partial charge on any atom is 0.315 e. The van der Waals surface area contributed by atoms with Gasteiger partial charge in [0, 0.05) is 6.04 Å². The molecule has 1 saturated carbocycles. The Morgan fingerprint density at radius 3 is 2.78 bits per heavy atom. The number of hydrogen-bond donors (Lipinski definition) is 2. The summed E-state index contributed by atoms with van der Waals surface area (Å²) in [6.45, 7) is 5.82. The second-order valence-corrected chi connectivity index (χ2v) is 5.11. The third kappa shape index (κ3) is 3.70. The molecule has 102 valence electrons. The van der Waals surface area contributed by atoms with Crippen LogP contribution in [0.5, 0.6) is 0 Å². The van der Waals surface area contributed by atoms with Gasteiger partial charge >= 0.3 is 6.01 Å². The Kier molecular flexibility index (Phi) is 4.99. The van der Waals surface area contributed by atoms with Gasteiger partial charge in [-0.2, -0.15) is 0 Å². The smallest absolute Gasteiger partial charge is 0.315 e. The van der Waals surface area contributed by atoms with Gasteiger partial charge in [-0.1, -0.05) is 31.3 Å².